The minimum absolute atomic E-state index is 0.312. The highest BCUT2D eigenvalue weighted by Gasteiger charge is 2.03. The Morgan fingerprint density at radius 1 is 1.29 bits per heavy atom. The van der Waals surface area contributed by atoms with Gasteiger partial charge in [0.15, 0.2) is 0 Å². The molecule has 72 valence electrons. The van der Waals surface area contributed by atoms with Crippen molar-refractivity contribution in [2.24, 2.45) is 5.73 Å². The van der Waals surface area contributed by atoms with Gasteiger partial charge in [0.05, 0.1) is 0 Å². The Bertz CT molecular complexity index is 531. The van der Waals surface area contributed by atoms with E-state index in [0.29, 0.717) is 17.8 Å². The SMILES string of the molecule is NCc1cc(=O)oc2cc(N)ccc12. The number of anilines is 1. The second-order valence-corrected chi connectivity index (χ2v) is 3.05. The molecule has 0 saturated carbocycles. The van der Waals surface area contributed by atoms with Crippen LogP contribution < -0.4 is 17.1 Å². The van der Waals surface area contributed by atoms with Crippen LogP contribution in [0.5, 0.6) is 0 Å². The molecule has 2 rings (SSSR count). The Morgan fingerprint density at radius 2 is 2.07 bits per heavy atom. The van der Waals surface area contributed by atoms with Crippen LogP contribution in [0.4, 0.5) is 5.69 Å². The lowest BCUT2D eigenvalue weighted by Crippen LogP contribution is -2.05. The molecule has 14 heavy (non-hydrogen) atoms. The Balaban J connectivity index is 2.87. The zero-order valence-electron chi connectivity index (χ0n) is 7.49. The third-order valence-corrected chi connectivity index (χ3v) is 2.07. The zero-order valence-corrected chi connectivity index (χ0v) is 7.49. The number of hydrogen-bond acceptors (Lipinski definition) is 4. The van der Waals surface area contributed by atoms with E-state index in [2.05, 4.69) is 0 Å². The summed E-state index contributed by atoms with van der Waals surface area (Å²) in [7, 11) is 0. The molecule has 4 heteroatoms. The van der Waals surface area contributed by atoms with Crippen LogP contribution in [0.2, 0.25) is 0 Å². The molecule has 1 aromatic carbocycles. The topological polar surface area (TPSA) is 82.2 Å². The highest BCUT2D eigenvalue weighted by atomic mass is 16.4. The number of hydrogen-bond donors (Lipinski definition) is 2. The van der Waals surface area contributed by atoms with Crippen molar-refractivity contribution in [1.82, 2.24) is 0 Å². The van der Waals surface area contributed by atoms with Crippen LogP contribution in [0.25, 0.3) is 11.0 Å². The first kappa shape index (κ1) is 8.77. The van der Waals surface area contributed by atoms with Crippen molar-refractivity contribution in [2.45, 2.75) is 6.54 Å². The Morgan fingerprint density at radius 3 is 2.79 bits per heavy atom. The van der Waals surface area contributed by atoms with E-state index in [9.17, 15) is 4.79 Å². The predicted octanol–water partition coefficient (Wildman–Crippen LogP) is 0.834. The Hall–Kier alpha value is -1.81. The van der Waals surface area contributed by atoms with E-state index in [1.807, 2.05) is 0 Å². The summed E-state index contributed by atoms with van der Waals surface area (Å²) in [5.74, 6) is 0. The lowest BCUT2D eigenvalue weighted by Gasteiger charge is -2.02. The largest absolute Gasteiger partial charge is 0.423 e. The van der Waals surface area contributed by atoms with E-state index in [1.165, 1.54) is 6.07 Å². The van der Waals surface area contributed by atoms with Crippen molar-refractivity contribution in [3.05, 3.63) is 40.2 Å². The number of nitrogens with two attached hydrogens (primary N) is 2. The molecule has 0 aliphatic carbocycles. The van der Waals surface area contributed by atoms with E-state index in [4.69, 9.17) is 15.9 Å². The second kappa shape index (κ2) is 3.16. The fourth-order valence-corrected chi connectivity index (χ4v) is 1.42. The fourth-order valence-electron chi connectivity index (χ4n) is 1.42. The quantitative estimate of drug-likeness (QED) is 0.515. The van der Waals surface area contributed by atoms with Crippen LogP contribution in [-0.2, 0) is 6.54 Å². The maximum absolute atomic E-state index is 11.1. The summed E-state index contributed by atoms with van der Waals surface area (Å²) >= 11 is 0. The van der Waals surface area contributed by atoms with Gasteiger partial charge >= 0.3 is 5.63 Å². The summed E-state index contributed by atoms with van der Waals surface area (Å²) in [5.41, 5.74) is 12.5. The van der Waals surface area contributed by atoms with Gasteiger partial charge in [-0.2, -0.15) is 0 Å². The summed E-state index contributed by atoms with van der Waals surface area (Å²) in [6.45, 7) is 0.312. The third kappa shape index (κ3) is 1.36. The van der Waals surface area contributed by atoms with Crippen molar-refractivity contribution in [3.8, 4) is 0 Å². The van der Waals surface area contributed by atoms with Gasteiger partial charge in [0, 0.05) is 29.8 Å². The highest BCUT2D eigenvalue weighted by Crippen LogP contribution is 2.18. The van der Waals surface area contributed by atoms with E-state index in [-0.39, 0.29) is 0 Å². The van der Waals surface area contributed by atoms with Crippen LogP contribution in [0.3, 0.4) is 0 Å². The molecule has 2 aromatic rings. The minimum Gasteiger partial charge on any atom is -0.423 e. The molecule has 1 heterocycles. The van der Waals surface area contributed by atoms with Gasteiger partial charge in [-0.25, -0.2) is 4.79 Å². The second-order valence-electron chi connectivity index (χ2n) is 3.05. The summed E-state index contributed by atoms with van der Waals surface area (Å²) in [6.07, 6.45) is 0. The zero-order chi connectivity index (χ0) is 10.1. The van der Waals surface area contributed by atoms with E-state index in [1.54, 1.807) is 18.2 Å². The van der Waals surface area contributed by atoms with E-state index < -0.39 is 5.63 Å². The van der Waals surface area contributed by atoms with Crippen LogP contribution in [-0.4, -0.2) is 0 Å². The normalized spacial score (nSPS) is 10.6. The van der Waals surface area contributed by atoms with E-state index in [0.717, 1.165) is 10.9 Å². The first-order valence-electron chi connectivity index (χ1n) is 4.23. The maximum atomic E-state index is 11.1. The van der Waals surface area contributed by atoms with Crippen molar-refractivity contribution >= 4 is 16.7 Å². The molecule has 1 aromatic heterocycles. The maximum Gasteiger partial charge on any atom is 0.336 e. The average Bonchev–Trinajstić information content (AvgIpc) is 2.15. The van der Waals surface area contributed by atoms with Gasteiger partial charge < -0.3 is 15.9 Å². The standard InChI is InChI=1S/C10H10N2O2/c11-5-6-3-10(13)14-9-4-7(12)1-2-8(6)9/h1-4H,5,11-12H2. The van der Waals surface area contributed by atoms with Gasteiger partial charge in [-0.3, -0.25) is 0 Å². The predicted molar refractivity (Wildman–Crippen MR) is 54.8 cm³/mol. The van der Waals surface area contributed by atoms with Crippen LogP contribution in [0, 0.1) is 0 Å². The smallest absolute Gasteiger partial charge is 0.336 e. The molecule has 0 radical (unpaired) electrons. The number of benzene rings is 1. The van der Waals surface area contributed by atoms with Gasteiger partial charge in [0.2, 0.25) is 0 Å². The van der Waals surface area contributed by atoms with Crippen LogP contribution >= 0.6 is 0 Å². The molecule has 0 aliphatic rings. The van der Waals surface area contributed by atoms with Crippen LogP contribution in [0.15, 0.2) is 33.5 Å². The van der Waals surface area contributed by atoms with Gasteiger partial charge in [-0.1, -0.05) is 0 Å². The monoisotopic (exact) mass is 190 g/mol. The van der Waals surface area contributed by atoms with Gasteiger partial charge in [0.25, 0.3) is 0 Å². The Labute approximate surface area is 80.1 Å². The molecule has 0 saturated heterocycles. The third-order valence-electron chi connectivity index (χ3n) is 2.07. The molecular formula is C10H10N2O2. The molecule has 4 nitrogen and oxygen atoms in total. The summed E-state index contributed by atoms with van der Waals surface area (Å²) in [4.78, 5) is 11.1. The summed E-state index contributed by atoms with van der Waals surface area (Å²) < 4.78 is 4.99. The van der Waals surface area contributed by atoms with Gasteiger partial charge in [-0.05, 0) is 17.7 Å². The minimum atomic E-state index is -0.399. The molecule has 0 atom stereocenters. The number of nitrogen functional groups attached to an aromatic ring is 1. The van der Waals surface area contributed by atoms with Gasteiger partial charge in [0.1, 0.15) is 5.58 Å². The molecule has 0 aliphatic heterocycles. The lowest BCUT2D eigenvalue weighted by atomic mass is 10.1. The fraction of sp³-hybridized carbons (Fsp3) is 0.100. The summed E-state index contributed by atoms with van der Waals surface area (Å²) in [6, 6.07) is 6.58. The molecule has 0 amide bonds. The molecule has 4 N–H and O–H groups in total. The first-order chi connectivity index (χ1) is 6.70. The molecule has 0 unspecified atom stereocenters. The van der Waals surface area contributed by atoms with Gasteiger partial charge in [-0.15, -0.1) is 0 Å². The number of rotatable bonds is 1. The average molecular weight is 190 g/mol. The molecule has 0 bridgehead atoms. The van der Waals surface area contributed by atoms with Crippen molar-refractivity contribution in [2.75, 3.05) is 5.73 Å². The number of fused-ring (bicyclic) bond motifs is 1. The highest BCUT2D eigenvalue weighted by molar-refractivity contribution is 5.82. The lowest BCUT2D eigenvalue weighted by molar-refractivity contribution is 0.559. The van der Waals surface area contributed by atoms with Crippen molar-refractivity contribution in [3.63, 3.8) is 0 Å². The Kier molecular flexibility index (Phi) is 1.98. The summed E-state index contributed by atoms with van der Waals surface area (Å²) in [5, 5.41) is 0.835. The van der Waals surface area contributed by atoms with Crippen molar-refractivity contribution in [1.29, 1.82) is 0 Å². The molecular weight excluding hydrogens is 180 g/mol. The van der Waals surface area contributed by atoms with E-state index >= 15 is 0 Å². The first-order valence-corrected chi connectivity index (χ1v) is 4.23. The van der Waals surface area contributed by atoms with Crippen molar-refractivity contribution < 1.29 is 4.42 Å². The molecule has 0 fully saturated rings. The molecule has 0 spiro atoms. The van der Waals surface area contributed by atoms with Crippen LogP contribution in [0.1, 0.15) is 5.56 Å².